The number of hydrogen-bond acceptors (Lipinski definition) is 1. The van der Waals surface area contributed by atoms with Gasteiger partial charge in [0.1, 0.15) is 0 Å². The standard InChI is InChI=1S/C13H12N.Li/c1-14(12-8-4-2-5-9-12)13-10-6-3-7-11-13;/h2-10H,1H3;/q-1;+1. The Morgan fingerprint density at radius 3 is 2.20 bits per heavy atom. The first-order chi connectivity index (χ1) is 6.88. The Balaban J connectivity index is 0.00000112. The van der Waals surface area contributed by atoms with Crippen LogP contribution in [-0.4, -0.2) is 7.05 Å². The molecule has 0 saturated carbocycles. The maximum Gasteiger partial charge on any atom is 1.00 e. The Morgan fingerprint density at radius 2 is 1.60 bits per heavy atom. The van der Waals surface area contributed by atoms with Crippen LogP contribution in [-0.2, 0) is 0 Å². The van der Waals surface area contributed by atoms with Gasteiger partial charge in [0, 0.05) is 12.7 Å². The molecule has 0 amide bonds. The normalized spacial score (nSPS) is 9.13. The quantitative estimate of drug-likeness (QED) is 0.484. The third kappa shape index (κ3) is 2.89. The molecular weight excluding hydrogens is 177 g/mol. The molecule has 2 aromatic rings. The van der Waals surface area contributed by atoms with Gasteiger partial charge in [-0.2, -0.15) is 24.3 Å². The van der Waals surface area contributed by atoms with E-state index in [0.29, 0.717) is 0 Å². The maximum atomic E-state index is 3.19. The molecule has 0 N–H and O–H groups in total. The van der Waals surface area contributed by atoms with Crippen LogP contribution >= 0.6 is 0 Å². The van der Waals surface area contributed by atoms with Crippen molar-refractivity contribution in [2.45, 2.75) is 0 Å². The first-order valence-electron chi connectivity index (χ1n) is 4.63. The first kappa shape index (κ1) is 11.9. The Hall–Kier alpha value is -1.16. The van der Waals surface area contributed by atoms with Crippen molar-refractivity contribution in [2.24, 2.45) is 0 Å². The fourth-order valence-corrected chi connectivity index (χ4v) is 1.38. The molecule has 2 aromatic carbocycles. The summed E-state index contributed by atoms with van der Waals surface area (Å²) in [6.45, 7) is 0. The molecule has 0 aliphatic heterocycles. The number of rotatable bonds is 2. The molecule has 15 heavy (non-hydrogen) atoms. The van der Waals surface area contributed by atoms with Crippen LogP contribution in [0.1, 0.15) is 0 Å². The number of anilines is 2. The third-order valence-corrected chi connectivity index (χ3v) is 2.20. The van der Waals surface area contributed by atoms with Crippen LogP contribution in [0.25, 0.3) is 0 Å². The van der Waals surface area contributed by atoms with Gasteiger partial charge in [-0.25, -0.2) is 0 Å². The molecule has 0 radical (unpaired) electrons. The molecule has 0 aromatic heterocycles. The van der Waals surface area contributed by atoms with E-state index >= 15 is 0 Å². The van der Waals surface area contributed by atoms with Crippen LogP contribution in [0.4, 0.5) is 11.4 Å². The summed E-state index contributed by atoms with van der Waals surface area (Å²) in [7, 11) is 2.04. The Labute approximate surface area is 103 Å². The van der Waals surface area contributed by atoms with Gasteiger partial charge >= 0.3 is 18.9 Å². The average molecular weight is 189 g/mol. The predicted octanol–water partition coefficient (Wildman–Crippen LogP) is 0.259. The van der Waals surface area contributed by atoms with Crippen molar-refractivity contribution in [2.75, 3.05) is 11.9 Å². The van der Waals surface area contributed by atoms with Gasteiger partial charge in [-0.3, -0.25) is 0 Å². The van der Waals surface area contributed by atoms with E-state index in [1.165, 1.54) is 5.69 Å². The van der Waals surface area contributed by atoms with Gasteiger partial charge in [0.25, 0.3) is 0 Å². The van der Waals surface area contributed by atoms with Crippen molar-refractivity contribution in [1.82, 2.24) is 0 Å². The largest absolute Gasteiger partial charge is 1.00 e. The summed E-state index contributed by atoms with van der Waals surface area (Å²) in [5.41, 5.74) is 2.26. The second-order valence-electron chi connectivity index (χ2n) is 3.14. The van der Waals surface area contributed by atoms with E-state index in [9.17, 15) is 0 Å². The van der Waals surface area contributed by atoms with Crippen molar-refractivity contribution in [3.8, 4) is 0 Å². The summed E-state index contributed by atoms with van der Waals surface area (Å²) in [6.07, 6.45) is 0. The van der Waals surface area contributed by atoms with Crippen LogP contribution in [0.5, 0.6) is 0 Å². The summed E-state index contributed by atoms with van der Waals surface area (Å²) in [4.78, 5) is 2.11. The molecule has 1 nitrogen and oxygen atoms in total. The van der Waals surface area contributed by atoms with Gasteiger partial charge in [0.15, 0.2) is 0 Å². The molecule has 0 aliphatic carbocycles. The van der Waals surface area contributed by atoms with E-state index in [1.54, 1.807) is 0 Å². The fourth-order valence-electron chi connectivity index (χ4n) is 1.38. The van der Waals surface area contributed by atoms with Crippen molar-refractivity contribution in [3.63, 3.8) is 0 Å². The topological polar surface area (TPSA) is 3.24 Å². The van der Waals surface area contributed by atoms with Crippen molar-refractivity contribution in [1.29, 1.82) is 0 Å². The molecule has 70 valence electrons. The molecular formula is C13H12LiN. The second kappa shape index (κ2) is 5.65. The fraction of sp³-hybridized carbons (Fsp3) is 0.0769. The van der Waals surface area contributed by atoms with Gasteiger partial charge in [-0.1, -0.05) is 23.9 Å². The van der Waals surface area contributed by atoms with Crippen molar-refractivity contribution >= 4 is 11.4 Å². The van der Waals surface area contributed by atoms with Crippen LogP contribution in [0.15, 0.2) is 54.6 Å². The second-order valence-corrected chi connectivity index (χ2v) is 3.14. The third-order valence-electron chi connectivity index (χ3n) is 2.20. The van der Waals surface area contributed by atoms with Crippen LogP contribution in [0.3, 0.4) is 0 Å². The smallest absolute Gasteiger partial charge is 0.368 e. The molecule has 0 atom stereocenters. The molecule has 2 heteroatoms. The molecule has 0 heterocycles. The van der Waals surface area contributed by atoms with E-state index in [2.05, 4.69) is 23.1 Å². The zero-order valence-electron chi connectivity index (χ0n) is 9.14. The summed E-state index contributed by atoms with van der Waals surface area (Å²) >= 11 is 0. The van der Waals surface area contributed by atoms with E-state index in [-0.39, 0.29) is 18.9 Å². The van der Waals surface area contributed by atoms with E-state index in [4.69, 9.17) is 0 Å². The molecule has 0 fully saturated rings. The van der Waals surface area contributed by atoms with E-state index in [1.807, 2.05) is 49.5 Å². The zero-order valence-corrected chi connectivity index (χ0v) is 9.14. The zero-order chi connectivity index (χ0) is 9.80. The van der Waals surface area contributed by atoms with Crippen LogP contribution in [0.2, 0.25) is 0 Å². The van der Waals surface area contributed by atoms with Gasteiger partial charge in [-0.15, -0.1) is 6.07 Å². The number of benzene rings is 2. The summed E-state index contributed by atoms with van der Waals surface area (Å²) in [5, 5.41) is 0. The molecule has 0 bridgehead atoms. The minimum Gasteiger partial charge on any atom is -0.368 e. The minimum absolute atomic E-state index is 0. The van der Waals surface area contributed by atoms with Gasteiger partial charge in [-0.05, 0) is 12.1 Å². The van der Waals surface area contributed by atoms with Crippen LogP contribution < -0.4 is 23.8 Å². The predicted molar refractivity (Wildman–Crippen MR) is 59.8 cm³/mol. The molecule has 2 rings (SSSR count). The SMILES string of the molecule is CN(c1[c-]cccc1)c1ccccc1.[Li+]. The Morgan fingerprint density at radius 1 is 0.933 bits per heavy atom. The monoisotopic (exact) mass is 189 g/mol. The van der Waals surface area contributed by atoms with Gasteiger partial charge in [0.2, 0.25) is 0 Å². The van der Waals surface area contributed by atoms with Gasteiger partial charge < -0.3 is 4.90 Å². The van der Waals surface area contributed by atoms with Crippen molar-refractivity contribution in [3.05, 3.63) is 60.7 Å². The molecule has 0 aliphatic rings. The van der Waals surface area contributed by atoms with E-state index < -0.39 is 0 Å². The number of hydrogen-bond donors (Lipinski definition) is 0. The number of nitrogens with zero attached hydrogens (tertiary/aromatic N) is 1. The van der Waals surface area contributed by atoms with Gasteiger partial charge in [0.05, 0.1) is 0 Å². The summed E-state index contributed by atoms with van der Waals surface area (Å²) in [5.74, 6) is 0. The van der Waals surface area contributed by atoms with E-state index in [0.717, 1.165) is 5.69 Å². The summed E-state index contributed by atoms with van der Waals surface area (Å²) in [6, 6.07) is 21.4. The van der Waals surface area contributed by atoms with Crippen LogP contribution in [0, 0.1) is 6.07 Å². The first-order valence-corrected chi connectivity index (χ1v) is 4.63. The summed E-state index contributed by atoms with van der Waals surface area (Å²) < 4.78 is 0. The maximum absolute atomic E-state index is 3.19. The average Bonchev–Trinajstić information content (AvgIpc) is 2.30. The Kier molecular flexibility index (Phi) is 4.49. The number of para-hydroxylation sites is 2. The molecule has 0 saturated heterocycles. The minimum atomic E-state index is 0. The molecule has 0 unspecified atom stereocenters. The Bertz CT molecular complexity index is 346. The molecule has 0 spiro atoms. The van der Waals surface area contributed by atoms with Crippen molar-refractivity contribution < 1.29 is 18.9 Å².